The van der Waals surface area contributed by atoms with Crippen molar-refractivity contribution in [1.82, 2.24) is 10.3 Å². The highest BCUT2D eigenvalue weighted by Crippen LogP contribution is 2.19. The van der Waals surface area contributed by atoms with Crippen LogP contribution >= 0.6 is 0 Å². The van der Waals surface area contributed by atoms with Crippen molar-refractivity contribution >= 4 is 28.6 Å². The van der Waals surface area contributed by atoms with E-state index in [0.29, 0.717) is 28.2 Å². The lowest BCUT2D eigenvalue weighted by atomic mass is 10.2. The van der Waals surface area contributed by atoms with Gasteiger partial charge in [0.2, 0.25) is 5.91 Å². The van der Waals surface area contributed by atoms with Crippen LogP contribution in [0.3, 0.4) is 0 Å². The zero-order valence-corrected chi connectivity index (χ0v) is 13.2. The van der Waals surface area contributed by atoms with Gasteiger partial charge >= 0.3 is 0 Å². The fourth-order valence-corrected chi connectivity index (χ4v) is 2.33. The topological polar surface area (TPSA) is 84.2 Å². The van der Waals surface area contributed by atoms with Gasteiger partial charge < -0.3 is 15.1 Å². The van der Waals surface area contributed by atoms with Gasteiger partial charge in [-0.1, -0.05) is 18.2 Å². The van der Waals surface area contributed by atoms with Crippen molar-refractivity contribution in [2.45, 2.75) is 13.3 Å². The van der Waals surface area contributed by atoms with E-state index in [0.717, 1.165) is 0 Å². The first-order chi connectivity index (χ1) is 11.6. The van der Waals surface area contributed by atoms with Gasteiger partial charge in [0, 0.05) is 31.1 Å². The normalized spacial score (nSPS) is 10.5. The number of nitrogens with one attached hydrogen (secondary N) is 2. The number of anilines is 1. The smallest absolute Gasteiger partial charge is 0.251 e. The average molecular weight is 323 g/mol. The lowest BCUT2D eigenvalue weighted by Crippen LogP contribution is -2.27. The first-order valence-electron chi connectivity index (χ1n) is 7.62. The van der Waals surface area contributed by atoms with Crippen LogP contribution in [0.2, 0.25) is 0 Å². The number of aromatic nitrogens is 1. The minimum Gasteiger partial charge on any atom is -0.441 e. The van der Waals surface area contributed by atoms with Crippen LogP contribution in [0.5, 0.6) is 0 Å². The van der Waals surface area contributed by atoms with Gasteiger partial charge in [0.25, 0.3) is 5.91 Å². The molecule has 0 aliphatic heterocycles. The number of rotatable bonds is 5. The summed E-state index contributed by atoms with van der Waals surface area (Å²) in [5, 5.41) is 5.51. The van der Waals surface area contributed by atoms with Gasteiger partial charge in [-0.05, 0) is 30.3 Å². The van der Waals surface area contributed by atoms with Crippen LogP contribution in [0.15, 0.2) is 52.9 Å². The molecule has 0 bridgehead atoms. The van der Waals surface area contributed by atoms with Crippen LogP contribution in [-0.2, 0) is 4.79 Å². The molecule has 6 heteroatoms. The molecule has 1 heterocycles. The molecule has 0 unspecified atom stereocenters. The molecule has 2 N–H and O–H groups in total. The van der Waals surface area contributed by atoms with Gasteiger partial charge in [0.05, 0.1) is 0 Å². The zero-order valence-electron chi connectivity index (χ0n) is 13.2. The summed E-state index contributed by atoms with van der Waals surface area (Å²) in [6.07, 6.45) is 0.189. The Balaban J connectivity index is 1.50. The second-order valence-corrected chi connectivity index (χ2v) is 5.34. The van der Waals surface area contributed by atoms with Crippen molar-refractivity contribution < 1.29 is 14.0 Å². The number of fused-ring (bicyclic) bond motifs is 1. The predicted octanol–water partition coefficient (Wildman–Crippen LogP) is 2.89. The van der Waals surface area contributed by atoms with Crippen molar-refractivity contribution in [2.75, 3.05) is 11.9 Å². The van der Waals surface area contributed by atoms with Gasteiger partial charge in [0.1, 0.15) is 5.52 Å². The Bertz CT molecular complexity index is 872. The maximum absolute atomic E-state index is 12.0. The molecule has 0 radical (unpaired) electrons. The van der Waals surface area contributed by atoms with Gasteiger partial charge in [-0.2, -0.15) is 0 Å². The average Bonchev–Trinajstić information content (AvgIpc) is 2.95. The zero-order chi connectivity index (χ0) is 16.9. The van der Waals surface area contributed by atoms with E-state index in [1.54, 1.807) is 49.4 Å². The summed E-state index contributed by atoms with van der Waals surface area (Å²) in [4.78, 5) is 28.1. The van der Waals surface area contributed by atoms with Crippen molar-refractivity contribution in [1.29, 1.82) is 0 Å². The molecule has 2 amide bonds. The van der Waals surface area contributed by atoms with Crippen molar-refractivity contribution in [3.63, 3.8) is 0 Å². The number of hydrogen-bond donors (Lipinski definition) is 2. The molecule has 1 aromatic heterocycles. The highest BCUT2D eigenvalue weighted by Gasteiger charge is 2.08. The first kappa shape index (κ1) is 15.7. The van der Waals surface area contributed by atoms with Crippen LogP contribution in [0.4, 0.5) is 5.69 Å². The van der Waals surface area contributed by atoms with Crippen LogP contribution in [0, 0.1) is 6.92 Å². The molecule has 0 atom stereocenters. The number of nitrogens with zero attached hydrogens (tertiary/aromatic N) is 1. The number of oxazole rings is 1. The summed E-state index contributed by atoms with van der Waals surface area (Å²) in [7, 11) is 0. The molecule has 2 aromatic carbocycles. The lowest BCUT2D eigenvalue weighted by molar-refractivity contribution is -0.116. The highest BCUT2D eigenvalue weighted by molar-refractivity contribution is 5.95. The SMILES string of the molecule is Cc1nc2cc(NC(=O)CCNC(=O)c3ccccc3)ccc2o1. The summed E-state index contributed by atoms with van der Waals surface area (Å²) in [6, 6.07) is 14.2. The maximum Gasteiger partial charge on any atom is 0.251 e. The minimum atomic E-state index is -0.192. The predicted molar refractivity (Wildman–Crippen MR) is 90.8 cm³/mol. The molecule has 122 valence electrons. The third kappa shape index (κ3) is 3.78. The van der Waals surface area contributed by atoms with E-state index in [1.807, 2.05) is 6.07 Å². The second-order valence-electron chi connectivity index (χ2n) is 5.34. The number of benzene rings is 2. The number of aryl methyl sites for hydroxylation is 1. The molecule has 0 aliphatic carbocycles. The van der Waals surface area contributed by atoms with Gasteiger partial charge in [0.15, 0.2) is 11.5 Å². The van der Waals surface area contributed by atoms with Crippen LogP contribution in [-0.4, -0.2) is 23.3 Å². The van der Waals surface area contributed by atoms with Crippen molar-refractivity contribution in [2.24, 2.45) is 0 Å². The van der Waals surface area contributed by atoms with Gasteiger partial charge in [-0.15, -0.1) is 0 Å². The van der Waals surface area contributed by atoms with E-state index < -0.39 is 0 Å². The Labute approximate surface area is 138 Å². The van der Waals surface area contributed by atoms with Gasteiger partial charge in [-0.25, -0.2) is 4.98 Å². The molecule has 3 rings (SSSR count). The summed E-state index contributed by atoms with van der Waals surface area (Å²) in [6.45, 7) is 2.04. The molecule has 0 saturated heterocycles. The van der Waals surface area contributed by atoms with E-state index >= 15 is 0 Å². The number of amides is 2. The third-order valence-electron chi connectivity index (χ3n) is 3.45. The maximum atomic E-state index is 12.0. The summed E-state index contributed by atoms with van der Waals surface area (Å²) >= 11 is 0. The fourth-order valence-electron chi connectivity index (χ4n) is 2.33. The quantitative estimate of drug-likeness (QED) is 0.756. The van der Waals surface area contributed by atoms with Crippen LogP contribution in [0.25, 0.3) is 11.1 Å². The monoisotopic (exact) mass is 323 g/mol. The van der Waals surface area contributed by atoms with Crippen LogP contribution in [0.1, 0.15) is 22.7 Å². The third-order valence-corrected chi connectivity index (χ3v) is 3.45. The first-order valence-corrected chi connectivity index (χ1v) is 7.62. The number of carbonyl (C=O) groups excluding carboxylic acids is 2. The van der Waals surface area contributed by atoms with E-state index in [-0.39, 0.29) is 24.8 Å². The van der Waals surface area contributed by atoms with E-state index in [4.69, 9.17) is 4.42 Å². The van der Waals surface area contributed by atoms with E-state index in [1.165, 1.54) is 0 Å². The summed E-state index contributed by atoms with van der Waals surface area (Å²) < 4.78 is 5.39. The molecule has 0 saturated carbocycles. The van der Waals surface area contributed by atoms with Crippen molar-refractivity contribution in [3.8, 4) is 0 Å². The second kappa shape index (κ2) is 6.95. The Morgan fingerprint density at radius 1 is 1.12 bits per heavy atom. The molecule has 6 nitrogen and oxygen atoms in total. The Kier molecular flexibility index (Phi) is 4.56. The highest BCUT2D eigenvalue weighted by atomic mass is 16.3. The van der Waals surface area contributed by atoms with E-state index in [9.17, 15) is 9.59 Å². The number of carbonyl (C=O) groups is 2. The fraction of sp³-hybridized carbons (Fsp3) is 0.167. The molecule has 24 heavy (non-hydrogen) atoms. The van der Waals surface area contributed by atoms with Crippen molar-refractivity contribution in [3.05, 3.63) is 60.0 Å². The largest absolute Gasteiger partial charge is 0.441 e. The van der Waals surface area contributed by atoms with Crippen LogP contribution < -0.4 is 10.6 Å². The van der Waals surface area contributed by atoms with E-state index in [2.05, 4.69) is 15.6 Å². The number of hydrogen-bond acceptors (Lipinski definition) is 4. The Morgan fingerprint density at radius 2 is 1.92 bits per heavy atom. The lowest BCUT2D eigenvalue weighted by Gasteiger charge is -2.06. The summed E-state index contributed by atoms with van der Waals surface area (Å²) in [5.74, 6) is 0.211. The molecular weight excluding hydrogens is 306 g/mol. The Morgan fingerprint density at radius 3 is 2.71 bits per heavy atom. The molecule has 0 aliphatic rings. The molecule has 0 fully saturated rings. The molecular formula is C18H17N3O3. The standard InChI is InChI=1S/C18H17N3O3/c1-12-20-15-11-14(7-8-16(15)24-12)21-17(22)9-10-19-18(23)13-5-3-2-4-6-13/h2-8,11H,9-10H2,1H3,(H,19,23)(H,21,22). The van der Waals surface area contributed by atoms with Gasteiger partial charge in [-0.3, -0.25) is 9.59 Å². The minimum absolute atomic E-state index is 0.178. The molecule has 3 aromatic rings. The summed E-state index contributed by atoms with van der Waals surface area (Å²) in [5.41, 5.74) is 2.60. The Hall–Kier alpha value is -3.15. The molecule has 0 spiro atoms.